The Labute approximate surface area is 137 Å². The molecule has 1 fully saturated rings. The number of halogens is 2. The molecule has 1 aliphatic rings. The molecular formula is C15H16ClFN2O4. The van der Waals surface area contributed by atoms with Crippen LogP contribution in [-0.2, 0) is 4.74 Å². The van der Waals surface area contributed by atoms with Crippen LogP contribution in [0.2, 0.25) is 5.02 Å². The van der Waals surface area contributed by atoms with E-state index in [1.54, 1.807) is 4.68 Å². The van der Waals surface area contributed by atoms with E-state index < -0.39 is 12.1 Å². The van der Waals surface area contributed by atoms with Gasteiger partial charge in [-0.15, -0.1) is 0 Å². The van der Waals surface area contributed by atoms with Crippen molar-refractivity contribution >= 4 is 11.6 Å². The van der Waals surface area contributed by atoms with E-state index in [4.69, 9.17) is 21.1 Å². The van der Waals surface area contributed by atoms with E-state index in [9.17, 15) is 14.6 Å². The van der Waals surface area contributed by atoms with Crippen LogP contribution in [0, 0.1) is 5.82 Å². The van der Waals surface area contributed by atoms with E-state index in [0.717, 1.165) is 6.07 Å². The lowest BCUT2D eigenvalue weighted by Crippen LogP contribution is -2.21. The van der Waals surface area contributed by atoms with Crippen LogP contribution in [0.1, 0.15) is 30.7 Å². The molecule has 1 aromatic heterocycles. The molecule has 1 aliphatic heterocycles. The first-order valence-electron chi connectivity index (χ1n) is 7.20. The van der Waals surface area contributed by atoms with Gasteiger partial charge >= 0.3 is 0 Å². The minimum absolute atomic E-state index is 0.0124. The van der Waals surface area contributed by atoms with Crippen molar-refractivity contribution in [2.24, 2.45) is 0 Å². The number of aliphatic hydroxyl groups is 2. The molecule has 8 heteroatoms. The number of aliphatic hydroxyl groups excluding tert-OH is 1. The highest BCUT2D eigenvalue weighted by atomic mass is 35.5. The predicted octanol–water partition coefficient (Wildman–Crippen LogP) is 2.80. The van der Waals surface area contributed by atoms with Crippen LogP contribution in [0.3, 0.4) is 0 Å². The maximum Gasteiger partial charge on any atom is 0.226 e. The second-order valence-electron chi connectivity index (χ2n) is 5.24. The first-order valence-corrected chi connectivity index (χ1v) is 7.58. The number of aromatic nitrogens is 2. The third-order valence-corrected chi connectivity index (χ3v) is 3.93. The van der Waals surface area contributed by atoms with Crippen molar-refractivity contribution in [3.05, 3.63) is 40.8 Å². The summed E-state index contributed by atoms with van der Waals surface area (Å²) < 4.78 is 26.4. The number of ether oxygens (including phenoxy) is 2. The lowest BCUT2D eigenvalue weighted by Gasteiger charge is -2.24. The van der Waals surface area contributed by atoms with Gasteiger partial charge in [0.25, 0.3) is 0 Å². The minimum Gasteiger partial charge on any atom is -0.436 e. The summed E-state index contributed by atoms with van der Waals surface area (Å²) in [6, 6.07) is 3.99. The van der Waals surface area contributed by atoms with Gasteiger partial charge in [-0.1, -0.05) is 11.6 Å². The normalized spacial score (nSPS) is 16.0. The monoisotopic (exact) mass is 342 g/mol. The molecule has 0 radical (unpaired) electrons. The van der Waals surface area contributed by atoms with Crippen LogP contribution < -0.4 is 4.74 Å². The molecule has 2 heterocycles. The van der Waals surface area contributed by atoms with E-state index in [1.165, 1.54) is 18.3 Å². The highest BCUT2D eigenvalue weighted by Gasteiger charge is 2.25. The smallest absolute Gasteiger partial charge is 0.226 e. The molecule has 0 aliphatic carbocycles. The fourth-order valence-electron chi connectivity index (χ4n) is 2.50. The summed E-state index contributed by atoms with van der Waals surface area (Å²) in [5, 5.41) is 23.4. The lowest BCUT2D eigenvalue weighted by molar-refractivity contribution is -0.0439. The molecule has 1 saturated heterocycles. The van der Waals surface area contributed by atoms with Crippen molar-refractivity contribution in [1.29, 1.82) is 0 Å². The standard InChI is InChI=1S/C15H16ClFN2O4/c16-9-1-2-13(12(17)7-9)23-14-11(15(20)21)8-18-19(14)10-3-5-22-6-4-10/h1-2,7-8,10,15,20-21H,3-6H2. The fraction of sp³-hybridized carbons (Fsp3) is 0.400. The second kappa shape index (κ2) is 6.84. The number of benzene rings is 1. The van der Waals surface area contributed by atoms with Crippen molar-refractivity contribution in [1.82, 2.24) is 9.78 Å². The maximum absolute atomic E-state index is 14.0. The van der Waals surface area contributed by atoms with Gasteiger partial charge < -0.3 is 19.7 Å². The Kier molecular flexibility index (Phi) is 4.82. The van der Waals surface area contributed by atoms with Gasteiger partial charge in [0.2, 0.25) is 5.88 Å². The minimum atomic E-state index is -1.77. The second-order valence-corrected chi connectivity index (χ2v) is 5.68. The Morgan fingerprint density at radius 1 is 1.35 bits per heavy atom. The molecule has 23 heavy (non-hydrogen) atoms. The van der Waals surface area contributed by atoms with Gasteiger partial charge in [-0.3, -0.25) is 0 Å². The average Bonchev–Trinajstić information content (AvgIpc) is 2.95. The molecule has 2 N–H and O–H groups in total. The first kappa shape index (κ1) is 16.2. The number of hydrogen-bond acceptors (Lipinski definition) is 5. The zero-order valence-corrected chi connectivity index (χ0v) is 12.9. The fourth-order valence-corrected chi connectivity index (χ4v) is 2.66. The Hall–Kier alpha value is -1.67. The Morgan fingerprint density at radius 3 is 2.74 bits per heavy atom. The summed E-state index contributed by atoms with van der Waals surface area (Å²) in [5.74, 6) is -0.603. The van der Waals surface area contributed by atoms with Crippen molar-refractivity contribution in [2.45, 2.75) is 25.2 Å². The number of rotatable bonds is 4. The van der Waals surface area contributed by atoms with Crippen LogP contribution in [0.25, 0.3) is 0 Å². The van der Waals surface area contributed by atoms with Crippen LogP contribution in [0.4, 0.5) is 4.39 Å². The molecule has 3 rings (SSSR count). The van der Waals surface area contributed by atoms with Gasteiger partial charge in [-0.05, 0) is 31.0 Å². The predicted molar refractivity (Wildman–Crippen MR) is 80.0 cm³/mol. The summed E-state index contributed by atoms with van der Waals surface area (Å²) in [4.78, 5) is 0. The summed E-state index contributed by atoms with van der Waals surface area (Å²) in [6.07, 6.45) is 0.960. The summed E-state index contributed by atoms with van der Waals surface area (Å²) in [5.41, 5.74) is 0.0749. The molecule has 124 valence electrons. The molecule has 0 bridgehead atoms. The zero-order chi connectivity index (χ0) is 16.4. The van der Waals surface area contributed by atoms with Gasteiger partial charge in [0.05, 0.1) is 17.8 Å². The van der Waals surface area contributed by atoms with E-state index in [2.05, 4.69) is 5.10 Å². The quantitative estimate of drug-likeness (QED) is 0.835. The summed E-state index contributed by atoms with van der Waals surface area (Å²) >= 11 is 5.73. The molecule has 0 unspecified atom stereocenters. The van der Waals surface area contributed by atoms with Crippen LogP contribution >= 0.6 is 11.6 Å². The van der Waals surface area contributed by atoms with E-state index in [-0.39, 0.29) is 28.3 Å². The third kappa shape index (κ3) is 3.48. The van der Waals surface area contributed by atoms with Gasteiger partial charge in [0, 0.05) is 18.2 Å². The number of nitrogens with zero attached hydrogens (tertiary/aromatic N) is 2. The van der Waals surface area contributed by atoms with Gasteiger partial charge in [-0.25, -0.2) is 9.07 Å². The van der Waals surface area contributed by atoms with Gasteiger partial charge in [-0.2, -0.15) is 5.10 Å². The van der Waals surface area contributed by atoms with Gasteiger partial charge in [0.15, 0.2) is 17.9 Å². The van der Waals surface area contributed by atoms with E-state index in [1.807, 2.05) is 0 Å². The van der Waals surface area contributed by atoms with E-state index >= 15 is 0 Å². The lowest BCUT2D eigenvalue weighted by atomic mass is 10.1. The highest BCUT2D eigenvalue weighted by Crippen LogP contribution is 2.35. The Morgan fingerprint density at radius 2 is 2.09 bits per heavy atom. The van der Waals surface area contributed by atoms with E-state index in [0.29, 0.717) is 26.1 Å². The Balaban J connectivity index is 1.96. The summed E-state index contributed by atoms with van der Waals surface area (Å²) in [6.45, 7) is 1.16. The van der Waals surface area contributed by atoms with Crippen LogP contribution in [-0.4, -0.2) is 33.2 Å². The molecule has 0 amide bonds. The third-order valence-electron chi connectivity index (χ3n) is 3.69. The van der Waals surface area contributed by atoms with Crippen molar-refractivity contribution in [3.63, 3.8) is 0 Å². The van der Waals surface area contributed by atoms with Crippen molar-refractivity contribution < 1.29 is 24.1 Å². The van der Waals surface area contributed by atoms with Crippen LogP contribution in [0.5, 0.6) is 11.6 Å². The molecule has 2 aromatic rings. The van der Waals surface area contributed by atoms with Crippen LogP contribution in [0.15, 0.2) is 24.4 Å². The van der Waals surface area contributed by atoms with Gasteiger partial charge in [0.1, 0.15) is 0 Å². The average molecular weight is 343 g/mol. The topological polar surface area (TPSA) is 76.7 Å². The first-order chi connectivity index (χ1) is 11.1. The molecule has 6 nitrogen and oxygen atoms in total. The van der Waals surface area contributed by atoms with Crippen molar-refractivity contribution in [2.75, 3.05) is 13.2 Å². The maximum atomic E-state index is 14.0. The molecule has 1 aromatic carbocycles. The molecule has 0 spiro atoms. The SMILES string of the molecule is OC(O)c1cnn(C2CCOCC2)c1Oc1ccc(Cl)cc1F. The zero-order valence-electron chi connectivity index (χ0n) is 12.2. The number of hydrogen-bond donors (Lipinski definition) is 2. The summed E-state index contributed by atoms with van der Waals surface area (Å²) in [7, 11) is 0. The highest BCUT2D eigenvalue weighted by molar-refractivity contribution is 6.30. The largest absolute Gasteiger partial charge is 0.436 e. The molecular weight excluding hydrogens is 327 g/mol. The Bertz CT molecular complexity index is 686. The molecule has 0 saturated carbocycles. The molecule has 0 atom stereocenters. The van der Waals surface area contributed by atoms with Crippen molar-refractivity contribution in [3.8, 4) is 11.6 Å².